The van der Waals surface area contributed by atoms with E-state index in [1.54, 1.807) is 0 Å². The summed E-state index contributed by atoms with van der Waals surface area (Å²) in [6.07, 6.45) is 5.61. The molecule has 1 aromatic rings. The van der Waals surface area contributed by atoms with Crippen LogP contribution >= 0.6 is 0 Å². The Labute approximate surface area is 126 Å². The van der Waals surface area contributed by atoms with E-state index in [1.807, 2.05) is 24.3 Å². The molecule has 1 aromatic carbocycles. The van der Waals surface area contributed by atoms with E-state index in [1.165, 1.54) is 19.3 Å². The van der Waals surface area contributed by atoms with E-state index >= 15 is 0 Å². The summed E-state index contributed by atoms with van der Waals surface area (Å²) in [6.45, 7) is 4.22. The number of carbonyl (C=O) groups is 1. The Bertz CT molecular complexity index is 501. The first-order valence-electron chi connectivity index (χ1n) is 7.73. The maximum Gasteiger partial charge on any atom is 0.277 e. The Morgan fingerprint density at radius 1 is 1.24 bits per heavy atom. The van der Waals surface area contributed by atoms with Crippen molar-refractivity contribution in [2.75, 3.05) is 6.61 Å². The van der Waals surface area contributed by atoms with Crippen molar-refractivity contribution in [1.29, 1.82) is 0 Å². The monoisotopic (exact) mass is 288 g/mol. The molecule has 0 unspecified atom stereocenters. The second-order valence-corrected chi connectivity index (χ2v) is 5.75. The molecule has 0 bridgehead atoms. The van der Waals surface area contributed by atoms with Crippen LogP contribution in [-0.4, -0.2) is 18.2 Å². The molecule has 1 fully saturated rings. The van der Waals surface area contributed by atoms with Gasteiger partial charge >= 0.3 is 0 Å². The van der Waals surface area contributed by atoms with Gasteiger partial charge < -0.3 is 4.74 Å². The zero-order valence-corrected chi connectivity index (χ0v) is 12.9. The topological polar surface area (TPSA) is 50.7 Å². The average Bonchev–Trinajstić information content (AvgIpc) is 2.52. The highest BCUT2D eigenvalue weighted by Crippen LogP contribution is 2.25. The molecule has 1 N–H and O–H groups in total. The van der Waals surface area contributed by atoms with E-state index in [-0.39, 0.29) is 12.5 Å². The number of benzene rings is 1. The highest BCUT2D eigenvalue weighted by Gasteiger charge is 2.10. The number of nitrogens with one attached hydrogen (secondary N) is 1. The Kier molecular flexibility index (Phi) is 5.78. The Hall–Kier alpha value is -1.84. The lowest BCUT2D eigenvalue weighted by Crippen LogP contribution is -2.26. The standard InChI is InChI=1S/C17H24N2O2/c1-13(2)15-10-6-7-11-16(15)21-12-17(20)19-18-14-8-4-3-5-9-14/h6-7,10-11,13H,3-5,8-9,12H2,1-2H3,(H,19,20). The van der Waals surface area contributed by atoms with Crippen LogP contribution in [0.3, 0.4) is 0 Å². The van der Waals surface area contributed by atoms with Gasteiger partial charge in [-0.05, 0) is 43.2 Å². The Morgan fingerprint density at radius 2 is 1.95 bits per heavy atom. The molecule has 0 saturated heterocycles. The van der Waals surface area contributed by atoms with Gasteiger partial charge in [0.15, 0.2) is 6.61 Å². The van der Waals surface area contributed by atoms with Crippen molar-refractivity contribution in [2.45, 2.75) is 51.9 Å². The smallest absolute Gasteiger partial charge is 0.277 e. The molecule has 4 heteroatoms. The van der Waals surface area contributed by atoms with Crippen molar-refractivity contribution >= 4 is 11.6 Å². The van der Waals surface area contributed by atoms with Crippen LogP contribution in [0.25, 0.3) is 0 Å². The molecule has 1 saturated carbocycles. The number of amides is 1. The SMILES string of the molecule is CC(C)c1ccccc1OCC(=O)NN=C1CCCCC1. The summed E-state index contributed by atoms with van der Waals surface area (Å²) in [5, 5.41) is 4.19. The summed E-state index contributed by atoms with van der Waals surface area (Å²) >= 11 is 0. The van der Waals surface area contributed by atoms with Crippen molar-refractivity contribution in [3.63, 3.8) is 0 Å². The minimum absolute atomic E-state index is 0.000509. The van der Waals surface area contributed by atoms with Crippen LogP contribution in [-0.2, 0) is 4.79 Å². The van der Waals surface area contributed by atoms with E-state index in [2.05, 4.69) is 24.4 Å². The number of carbonyl (C=O) groups excluding carboxylic acids is 1. The van der Waals surface area contributed by atoms with Gasteiger partial charge in [0.2, 0.25) is 0 Å². The largest absolute Gasteiger partial charge is 0.483 e. The molecule has 0 atom stereocenters. The molecule has 114 valence electrons. The van der Waals surface area contributed by atoms with E-state index in [9.17, 15) is 4.79 Å². The Balaban J connectivity index is 1.84. The quantitative estimate of drug-likeness (QED) is 0.841. The van der Waals surface area contributed by atoms with Crippen LogP contribution in [0, 0.1) is 0 Å². The highest BCUT2D eigenvalue weighted by atomic mass is 16.5. The van der Waals surface area contributed by atoms with E-state index < -0.39 is 0 Å². The van der Waals surface area contributed by atoms with Crippen LogP contribution in [0.1, 0.15) is 57.4 Å². The molecular weight excluding hydrogens is 264 g/mol. The molecule has 1 aliphatic rings. The van der Waals surface area contributed by atoms with Gasteiger partial charge in [0.1, 0.15) is 5.75 Å². The fourth-order valence-corrected chi connectivity index (χ4v) is 2.48. The summed E-state index contributed by atoms with van der Waals surface area (Å²) < 4.78 is 5.62. The molecule has 0 spiro atoms. The first-order chi connectivity index (χ1) is 10.2. The second-order valence-electron chi connectivity index (χ2n) is 5.75. The summed E-state index contributed by atoms with van der Waals surface area (Å²) in [7, 11) is 0. The van der Waals surface area contributed by atoms with Gasteiger partial charge in [0.25, 0.3) is 5.91 Å². The molecule has 1 amide bonds. The lowest BCUT2D eigenvalue weighted by Gasteiger charge is -2.14. The third-order valence-corrected chi connectivity index (χ3v) is 3.67. The van der Waals surface area contributed by atoms with Gasteiger partial charge in [-0.2, -0.15) is 5.10 Å². The molecule has 0 aliphatic heterocycles. The summed E-state index contributed by atoms with van der Waals surface area (Å²) in [5.74, 6) is 0.936. The summed E-state index contributed by atoms with van der Waals surface area (Å²) in [5.41, 5.74) is 4.80. The van der Waals surface area contributed by atoms with Gasteiger partial charge in [0, 0.05) is 5.71 Å². The van der Waals surface area contributed by atoms with Crippen LogP contribution in [0.4, 0.5) is 0 Å². The average molecular weight is 288 g/mol. The second kappa shape index (κ2) is 7.81. The first-order valence-corrected chi connectivity index (χ1v) is 7.73. The van der Waals surface area contributed by atoms with Crippen LogP contribution in [0.15, 0.2) is 29.4 Å². The van der Waals surface area contributed by atoms with Crippen molar-refractivity contribution in [3.8, 4) is 5.75 Å². The van der Waals surface area contributed by atoms with Crippen LogP contribution < -0.4 is 10.2 Å². The number of hydrogen-bond donors (Lipinski definition) is 1. The van der Waals surface area contributed by atoms with E-state index in [4.69, 9.17) is 4.74 Å². The fourth-order valence-electron chi connectivity index (χ4n) is 2.48. The maximum atomic E-state index is 11.8. The fraction of sp³-hybridized carbons (Fsp3) is 0.529. The van der Waals surface area contributed by atoms with Crippen molar-refractivity contribution < 1.29 is 9.53 Å². The normalized spacial score (nSPS) is 14.9. The minimum atomic E-state index is -0.202. The van der Waals surface area contributed by atoms with E-state index in [0.717, 1.165) is 29.9 Å². The number of hydrazone groups is 1. The van der Waals surface area contributed by atoms with Crippen molar-refractivity contribution in [2.24, 2.45) is 5.10 Å². The molecule has 0 aromatic heterocycles. The lowest BCUT2D eigenvalue weighted by molar-refractivity contribution is -0.123. The predicted molar refractivity (Wildman–Crippen MR) is 84.7 cm³/mol. The third kappa shape index (κ3) is 4.88. The minimum Gasteiger partial charge on any atom is -0.483 e. The van der Waals surface area contributed by atoms with Crippen molar-refractivity contribution in [1.82, 2.24) is 5.43 Å². The summed E-state index contributed by atoms with van der Waals surface area (Å²) in [6, 6.07) is 7.83. The Morgan fingerprint density at radius 3 is 2.67 bits per heavy atom. The number of rotatable bonds is 5. The van der Waals surface area contributed by atoms with Gasteiger partial charge in [-0.15, -0.1) is 0 Å². The molecular formula is C17H24N2O2. The van der Waals surface area contributed by atoms with Crippen molar-refractivity contribution in [3.05, 3.63) is 29.8 Å². The molecule has 0 radical (unpaired) electrons. The zero-order valence-electron chi connectivity index (χ0n) is 12.9. The first kappa shape index (κ1) is 15.5. The zero-order chi connectivity index (χ0) is 15.1. The number of para-hydroxylation sites is 1. The lowest BCUT2D eigenvalue weighted by atomic mass is 9.99. The maximum absolute atomic E-state index is 11.8. The van der Waals surface area contributed by atoms with Gasteiger partial charge in [-0.3, -0.25) is 4.79 Å². The summed E-state index contributed by atoms with van der Waals surface area (Å²) in [4.78, 5) is 11.8. The predicted octanol–water partition coefficient (Wildman–Crippen LogP) is 3.63. The van der Waals surface area contributed by atoms with Gasteiger partial charge in [0.05, 0.1) is 0 Å². The molecule has 1 aliphatic carbocycles. The molecule has 4 nitrogen and oxygen atoms in total. The number of ether oxygens (including phenoxy) is 1. The van der Waals surface area contributed by atoms with Crippen LogP contribution in [0.2, 0.25) is 0 Å². The van der Waals surface area contributed by atoms with Gasteiger partial charge in [-0.25, -0.2) is 5.43 Å². The number of hydrogen-bond acceptors (Lipinski definition) is 3. The van der Waals surface area contributed by atoms with Gasteiger partial charge in [-0.1, -0.05) is 38.5 Å². The molecule has 0 heterocycles. The number of nitrogens with zero attached hydrogens (tertiary/aromatic N) is 1. The van der Waals surface area contributed by atoms with E-state index in [0.29, 0.717) is 5.92 Å². The van der Waals surface area contributed by atoms with Crippen LogP contribution in [0.5, 0.6) is 5.75 Å². The third-order valence-electron chi connectivity index (χ3n) is 3.67. The highest BCUT2D eigenvalue weighted by molar-refractivity contribution is 5.87. The molecule has 21 heavy (non-hydrogen) atoms. The molecule has 2 rings (SSSR count).